The summed E-state index contributed by atoms with van der Waals surface area (Å²) in [5, 5.41) is 0. The second-order valence-electron chi connectivity index (χ2n) is 6.16. The van der Waals surface area contributed by atoms with Crippen molar-refractivity contribution < 1.29 is 17.9 Å². The van der Waals surface area contributed by atoms with E-state index in [9.17, 15) is 8.42 Å². The topological polar surface area (TPSA) is 59.1 Å². The molecule has 0 aromatic carbocycles. The predicted octanol–water partition coefficient (Wildman–Crippen LogP) is -0.0983. The van der Waals surface area contributed by atoms with Crippen LogP contribution in [0.25, 0.3) is 0 Å². The van der Waals surface area contributed by atoms with E-state index < -0.39 is 10.0 Å². The second-order valence-corrected chi connectivity index (χ2v) is 8.14. The Morgan fingerprint density at radius 3 is 2.35 bits per heavy atom. The molecule has 3 aliphatic rings. The molecule has 3 fully saturated rings. The Bertz CT molecular complexity index is 439. The van der Waals surface area contributed by atoms with E-state index >= 15 is 0 Å². The molecule has 0 saturated carbocycles. The molecule has 6 nitrogen and oxygen atoms in total. The number of nitrogens with zero attached hydrogens (tertiary/aromatic N) is 2. The van der Waals surface area contributed by atoms with Crippen LogP contribution >= 0.6 is 0 Å². The number of hydrogen-bond donors (Lipinski definition) is 0. The highest BCUT2D eigenvalue weighted by Gasteiger charge is 2.45. The predicted molar refractivity (Wildman–Crippen MR) is 75.1 cm³/mol. The van der Waals surface area contributed by atoms with Crippen LogP contribution < -0.4 is 0 Å². The van der Waals surface area contributed by atoms with Gasteiger partial charge in [0.05, 0.1) is 31.7 Å². The molecule has 7 heteroatoms. The molecule has 116 valence electrons. The van der Waals surface area contributed by atoms with E-state index in [1.807, 2.05) is 0 Å². The monoisotopic (exact) mass is 304 g/mol. The first kappa shape index (κ1) is 14.7. The van der Waals surface area contributed by atoms with Crippen molar-refractivity contribution in [1.82, 2.24) is 9.21 Å². The molecule has 1 unspecified atom stereocenters. The van der Waals surface area contributed by atoms with Crippen LogP contribution in [-0.2, 0) is 19.5 Å². The SMILES string of the molecule is CS(=O)(=O)N1CCC2(CC1)CC(N1CCOCC1)CO2. The number of hydrogen-bond acceptors (Lipinski definition) is 5. The second kappa shape index (κ2) is 5.53. The molecule has 0 amide bonds. The minimum absolute atomic E-state index is 0.0931. The Kier molecular flexibility index (Phi) is 4.07. The summed E-state index contributed by atoms with van der Waals surface area (Å²) in [6, 6.07) is 0.476. The van der Waals surface area contributed by atoms with Gasteiger partial charge in [0.25, 0.3) is 0 Å². The first-order valence-electron chi connectivity index (χ1n) is 7.39. The zero-order chi connectivity index (χ0) is 14.2. The summed E-state index contributed by atoms with van der Waals surface area (Å²) in [5.41, 5.74) is -0.0931. The molecule has 1 spiro atoms. The van der Waals surface area contributed by atoms with Gasteiger partial charge in [-0.05, 0) is 19.3 Å². The van der Waals surface area contributed by atoms with Gasteiger partial charge in [0.15, 0.2) is 0 Å². The van der Waals surface area contributed by atoms with Gasteiger partial charge in [-0.2, -0.15) is 0 Å². The summed E-state index contributed by atoms with van der Waals surface area (Å²) in [4.78, 5) is 2.46. The minimum atomic E-state index is -3.06. The highest BCUT2D eigenvalue weighted by Crippen LogP contribution is 2.38. The third-order valence-corrected chi connectivity index (χ3v) is 6.16. The molecule has 0 aromatic heterocycles. The quantitative estimate of drug-likeness (QED) is 0.713. The summed E-state index contributed by atoms with van der Waals surface area (Å²) in [7, 11) is -3.06. The normalized spacial score (nSPS) is 32.8. The van der Waals surface area contributed by atoms with E-state index in [1.54, 1.807) is 4.31 Å². The van der Waals surface area contributed by atoms with Gasteiger partial charge in [-0.15, -0.1) is 0 Å². The van der Waals surface area contributed by atoms with Crippen molar-refractivity contribution >= 4 is 10.0 Å². The lowest BCUT2D eigenvalue weighted by atomic mass is 9.88. The Hall–Kier alpha value is -0.210. The maximum atomic E-state index is 11.6. The molecule has 0 aromatic rings. The maximum absolute atomic E-state index is 11.6. The number of morpholine rings is 1. The minimum Gasteiger partial charge on any atom is -0.379 e. The Morgan fingerprint density at radius 2 is 1.75 bits per heavy atom. The summed E-state index contributed by atoms with van der Waals surface area (Å²) >= 11 is 0. The zero-order valence-corrected chi connectivity index (χ0v) is 12.9. The molecule has 0 radical (unpaired) electrons. The highest BCUT2D eigenvalue weighted by atomic mass is 32.2. The fourth-order valence-electron chi connectivity index (χ4n) is 3.57. The van der Waals surface area contributed by atoms with Gasteiger partial charge in [-0.3, -0.25) is 4.90 Å². The Morgan fingerprint density at radius 1 is 1.10 bits per heavy atom. The average molecular weight is 304 g/mol. The van der Waals surface area contributed by atoms with Gasteiger partial charge in [0.1, 0.15) is 0 Å². The van der Waals surface area contributed by atoms with Crippen molar-refractivity contribution in [2.24, 2.45) is 0 Å². The smallest absolute Gasteiger partial charge is 0.211 e. The molecule has 3 heterocycles. The largest absolute Gasteiger partial charge is 0.379 e. The maximum Gasteiger partial charge on any atom is 0.211 e. The van der Waals surface area contributed by atoms with Gasteiger partial charge in [-0.25, -0.2) is 12.7 Å². The summed E-state index contributed by atoms with van der Waals surface area (Å²) in [6.07, 6.45) is 3.96. The number of piperidine rings is 1. The molecule has 0 aliphatic carbocycles. The van der Waals surface area contributed by atoms with E-state index in [0.29, 0.717) is 19.1 Å². The summed E-state index contributed by atoms with van der Waals surface area (Å²) < 4.78 is 36.2. The summed E-state index contributed by atoms with van der Waals surface area (Å²) in [5.74, 6) is 0. The molecular weight excluding hydrogens is 280 g/mol. The number of rotatable bonds is 2. The first-order chi connectivity index (χ1) is 9.49. The third-order valence-electron chi connectivity index (χ3n) is 4.85. The standard InChI is InChI=1S/C13H24N2O4S/c1-20(16,17)15-4-2-13(3-5-15)10-12(11-19-13)14-6-8-18-9-7-14/h12H,2-11H2,1H3. The molecule has 3 saturated heterocycles. The van der Waals surface area contributed by atoms with Crippen molar-refractivity contribution in [2.75, 3.05) is 52.3 Å². The lowest BCUT2D eigenvalue weighted by molar-refractivity contribution is -0.0327. The Labute approximate surface area is 121 Å². The molecule has 3 aliphatic heterocycles. The fourth-order valence-corrected chi connectivity index (χ4v) is 4.42. The van der Waals surface area contributed by atoms with E-state index in [2.05, 4.69) is 4.90 Å². The van der Waals surface area contributed by atoms with E-state index in [4.69, 9.17) is 9.47 Å². The Balaban J connectivity index is 1.57. The average Bonchev–Trinajstić information content (AvgIpc) is 2.83. The fraction of sp³-hybridized carbons (Fsp3) is 1.00. The van der Waals surface area contributed by atoms with E-state index in [0.717, 1.165) is 52.2 Å². The van der Waals surface area contributed by atoms with Crippen LogP contribution in [0.15, 0.2) is 0 Å². The van der Waals surface area contributed by atoms with Gasteiger partial charge in [-0.1, -0.05) is 0 Å². The van der Waals surface area contributed by atoms with Crippen molar-refractivity contribution in [3.05, 3.63) is 0 Å². The molecule has 0 bridgehead atoms. The molecular formula is C13H24N2O4S. The molecule has 1 atom stereocenters. The van der Waals surface area contributed by atoms with Crippen molar-refractivity contribution in [2.45, 2.75) is 30.9 Å². The van der Waals surface area contributed by atoms with E-state index in [1.165, 1.54) is 6.26 Å². The van der Waals surface area contributed by atoms with Gasteiger partial charge >= 0.3 is 0 Å². The summed E-state index contributed by atoms with van der Waals surface area (Å²) in [6.45, 7) is 5.55. The lowest BCUT2D eigenvalue weighted by Gasteiger charge is -2.38. The van der Waals surface area contributed by atoms with Crippen LogP contribution in [0.1, 0.15) is 19.3 Å². The number of sulfonamides is 1. The van der Waals surface area contributed by atoms with Crippen molar-refractivity contribution in [1.29, 1.82) is 0 Å². The van der Waals surface area contributed by atoms with E-state index in [-0.39, 0.29) is 5.60 Å². The van der Waals surface area contributed by atoms with Crippen molar-refractivity contribution in [3.63, 3.8) is 0 Å². The van der Waals surface area contributed by atoms with Crippen LogP contribution in [0, 0.1) is 0 Å². The van der Waals surface area contributed by atoms with Crippen LogP contribution in [0.4, 0.5) is 0 Å². The first-order valence-corrected chi connectivity index (χ1v) is 9.24. The van der Waals surface area contributed by atoms with Crippen LogP contribution in [0.3, 0.4) is 0 Å². The van der Waals surface area contributed by atoms with Gasteiger partial charge in [0.2, 0.25) is 10.0 Å². The molecule has 20 heavy (non-hydrogen) atoms. The van der Waals surface area contributed by atoms with Crippen molar-refractivity contribution in [3.8, 4) is 0 Å². The van der Waals surface area contributed by atoms with Crippen LogP contribution in [0.2, 0.25) is 0 Å². The number of ether oxygens (including phenoxy) is 2. The lowest BCUT2D eigenvalue weighted by Crippen LogP contribution is -2.47. The van der Waals surface area contributed by atoms with Gasteiger partial charge in [0, 0.05) is 32.2 Å². The van der Waals surface area contributed by atoms with Crippen LogP contribution in [-0.4, -0.2) is 81.5 Å². The zero-order valence-electron chi connectivity index (χ0n) is 12.1. The third kappa shape index (κ3) is 3.01. The van der Waals surface area contributed by atoms with Gasteiger partial charge < -0.3 is 9.47 Å². The molecule has 0 N–H and O–H groups in total. The highest BCUT2D eigenvalue weighted by molar-refractivity contribution is 7.88. The molecule has 3 rings (SSSR count). The van der Waals surface area contributed by atoms with Crippen LogP contribution in [0.5, 0.6) is 0 Å².